The van der Waals surface area contributed by atoms with E-state index in [4.69, 9.17) is 4.74 Å². The maximum absolute atomic E-state index is 5.73. The first-order valence-corrected chi connectivity index (χ1v) is 8.10. The maximum atomic E-state index is 5.73. The maximum Gasteiger partial charge on any atom is 0.218 e. The summed E-state index contributed by atoms with van der Waals surface area (Å²) in [5.74, 6) is 2.34. The van der Waals surface area contributed by atoms with Crippen LogP contribution in [0.1, 0.15) is 44.5 Å². The molecule has 118 valence electrons. The third kappa shape index (κ3) is 5.35. The van der Waals surface area contributed by atoms with Gasteiger partial charge in [-0.25, -0.2) is 4.98 Å². The zero-order chi connectivity index (χ0) is 15.6. The molecule has 1 aromatic carbocycles. The number of benzene rings is 1. The third-order valence-corrected chi connectivity index (χ3v) is 3.29. The Morgan fingerprint density at radius 3 is 2.59 bits per heavy atom. The summed E-state index contributed by atoms with van der Waals surface area (Å²) in [5.41, 5.74) is 1.23. The molecule has 0 atom stereocenters. The van der Waals surface area contributed by atoms with Crippen LogP contribution in [0.2, 0.25) is 0 Å². The summed E-state index contributed by atoms with van der Waals surface area (Å²) in [7, 11) is 0. The van der Waals surface area contributed by atoms with Gasteiger partial charge in [0.1, 0.15) is 11.6 Å². The number of hydrogen-bond acceptors (Lipinski definition) is 4. The monoisotopic (exact) mass is 299 g/mol. The van der Waals surface area contributed by atoms with Crippen LogP contribution in [0.3, 0.4) is 0 Å². The average Bonchev–Trinajstić information content (AvgIpc) is 2.54. The number of unbranched alkanes of at least 4 members (excludes halogenated alkanes) is 1. The highest BCUT2D eigenvalue weighted by molar-refractivity contribution is 5.39. The Morgan fingerprint density at radius 1 is 1.05 bits per heavy atom. The summed E-state index contributed by atoms with van der Waals surface area (Å²) in [4.78, 5) is 9.04. The van der Waals surface area contributed by atoms with Gasteiger partial charge in [0.05, 0.1) is 6.61 Å². The zero-order valence-electron chi connectivity index (χ0n) is 13.5. The quantitative estimate of drug-likeness (QED) is 0.704. The van der Waals surface area contributed by atoms with Crippen LogP contribution in [0.25, 0.3) is 0 Å². The van der Waals surface area contributed by atoms with E-state index in [1.54, 1.807) is 0 Å². The second-order valence-corrected chi connectivity index (χ2v) is 5.30. The Hall–Kier alpha value is -2.10. The van der Waals surface area contributed by atoms with Crippen LogP contribution in [0, 0.1) is 0 Å². The highest BCUT2D eigenvalue weighted by Crippen LogP contribution is 2.16. The van der Waals surface area contributed by atoms with E-state index < -0.39 is 0 Å². The van der Waals surface area contributed by atoms with Gasteiger partial charge in [-0.3, -0.25) is 0 Å². The smallest absolute Gasteiger partial charge is 0.218 e. The van der Waals surface area contributed by atoms with Gasteiger partial charge in [-0.05, 0) is 18.4 Å². The van der Waals surface area contributed by atoms with Crippen molar-refractivity contribution in [1.29, 1.82) is 0 Å². The molecule has 0 aliphatic rings. The fraction of sp³-hybridized carbons (Fsp3) is 0.444. The van der Waals surface area contributed by atoms with E-state index in [-0.39, 0.29) is 0 Å². The Balaban J connectivity index is 2.04. The summed E-state index contributed by atoms with van der Waals surface area (Å²) < 4.78 is 5.73. The molecule has 1 aromatic heterocycles. The van der Waals surface area contributed by atoms with Crippen LogP contribution in [-0.2, 0) is 13.0 Å². The molecular weight excluding hydrogens is 274 g/mol. The normalized spacial score (nSPS) is 10.5. The SMILES string of the molecule is CCCCOc1cc(NCc2ccccc2)nc(CCC)n1. The van der Waals surface area contributed by atoms with Gasteiger partial charge in [-0.2, -0.15) is 4.98 Å². The fourth-order valence-electron chi connectivity index (χ4n) is 2.08. The van der Waals surface area contributed by atoms with Gasteiger partial charge in [-0.1, -0.05) is 50.6 Å². The molecular formula is C18H25N3O. The van der Waals surface area contributed by atoms with Crippen LogP contribution in [0.5, 0.6) is 5.88 Å². The molecule has 2 aromatic rings. The first-order chi connectivity index (χ1) is 10.8. The average molecular weight is 299 g/mol. The molecule has 0 bridgehead atoms. The summed E-state index contributed by atoms with van der Waals surface area (Å²) in [5, 5.41) is 3.36. The Kier molecular flexibility index (Phi) is 6.68. The summed E-state index contributed by atoms with van der Waals surface area (Å²) >= 11 is 0. The second kappa shape index (κ2) is 9.03. The number of nitrogens with one attached hydrogen (secondary N) is 1. The fourth-order valence-corrected chi connectivity index (χ4v) is 2.08. The molecule has 1 heterocycles. The topological polar surface area (TPSA) is 47.0 Å². The van der Waals surface area contributed by atoms with E-state index in [0.717, 1.165) is 43.9 Å². The molecule has 0 radical (unpaired) electrons. The van der Waals surface area contributed by atoms with Gasteiger partial charge < -0.3 is 10.1 Å². The van der Waals surface area contributed by atoms with Gasteiger partial charge in [-0.15, -0.1) is 0 Å². The van der Waals surface area contributed by atoms with Gasteiger partial charge >= 0.3 is 0 Å². The summed E-state index contributed by atoms with van der Waals surface area (Å²) in [6, 6.07) is 12.2. The predicted molar refractivity (Wildman–Crippen MR) is 90.2 cm³/mol. The van der Waals surface area contributed by atoms with E-state index in [9.17, 15) is 0 Å². The number of hydrogen-bond donors (Lipinski definition) is 1. The minimum atomic E-state index is 0.669. The largest absolute Gasteiger partial charge is 0.478 e. The van der Waals surface area contributed by atoms with Crippen molar-refractivity contribution in [2.24, 2.45) is 0 Å². The highest BCUT2D eigenvalue weighted by Gasteiger charge is 2.05. The first-order valence-electron chi connectivity index (χ1n) is 8.10. The molecule has 4 heteroatoms. The minimum absolute atomic E-state index is 0.669. The van der Waals surface area contributed by atoms with Gasteiger partial charge in [0.2, 0.25) is 5.88 Å². The minimum Gasteiger partial charge on any atom is -0.478 e. The first kappa shape index (κ1) is 16.3. The molecule has 0 unspecified atom stereocenters. The number of anilines is 1. The zero-order valence-corrected chi connectivity index (χ0v) is 13.5. The number of ether oxygens (including phenoxy) is 1. The van der Waals surface area contributed by atoms with E-state index in [1.807, 2.05) is 24.3 Å². The van der Waals surface area contributed by atoms with Crippen molar-refractivity contribution in [2.45, 2.75) is 46.1 Å². The van der Waals surface area contributed by atoms with Crippen molar-refractivity contribution in [1.82, 2.24) is 9.97 Å². The standard InChI is InChI=1S/C18H25N3O/c1-3-5-12-22-18-13-17(20-16(21-18)9-4-2)19-14-15-10-7-6-8-11-15/h6-8,10-11,13H,3-5,9,12,14H2,1-2H3,(H,19,20,21). The number of nitrogens with zero attached hydrogens (tertiary/aromatic N) is 2. The van der Waals surface area contributed by atoms with Crippen molar-refractivity contribution >= 4 is 5.82 Å². The summed E-state index contributed by atoms with van der Waals surface area (Å²) in [6.07, 6.45) is 4.05. The summed E-state index contributed by atoms with van der Waals surface area (Å²) in [6.45, 7) is 5.73. The number of aryl methyl sites for hydroxylation is 1. The van der Waals surface area contributed by atoms with E-state index in [1.165, 1.54) is 5.56 Å². The molecule has 0 saturated heterocycles. The third-order valence-electron chi connectivity index (χ3n) is 3.29. The van der Waals surface area contributed by atoms with Gasteiger partial charge in [0, 0.05) is 19.0 Å². The molecule has 22 heavy (non-hydrogen) atoms. The van der Waals surface area contributed by atoms with Crippen LogP contribution in [-0.4, -0.2) is 16.6 Å². The van der Waals surface area contributed by atoms with Crippen LogP contribution in [0.4, 0.5) is 5.82 Å². The second-order valence-electron chi connectivity index (χ2n) is 5.30. The molecule has 2 rings (SSSR count). The van der Waals surface area contributed by atoms with Gasteiger partial charge in [0.15, 0.2) is 0 Å². The van der Waals surface area contributed by atoms with Crippen molar-refractivity contribution in [3.8, 4) is 5.88 Å². The molecule has 1 N–H and O–H groups in total. The lowest BCUT2D eigenvalue weighted by atomic mass is 10.2. The van der Waals surface area contributed by atoms with Crippen molar-refractivity contribution in [3.63, 3.8) is 0 Å². The van der Waals surface area contributed by atoms with Crippen LogP contribution in [0.15, 0.2) is 36.4 Å². The van der Waals surface area contributed by atoms with Crippen LogP contribution < -0.4 is 10.1 Å². The van der Waals surface area contributed by atoms with E-state index in [2.05, 4.69) is 41.3 Å². The van der Waals surface area contributed by atoms with Crippen molar-refractivity contribution in [3.05, 3.63) is 47.8 Å². The molecule has 0 amide bonds. The van der Waals surface area contributed by atoms with E-state index in [0.29, 0.717) is 12.5 Å². The Morgan fingerprint density at radius 2 is 1.86 bits per heavy atom. The number of rotatable bonds is 9. The van der Waals surface area contributed by atoms with Crippen molar-refractivity contribution in [2.75, 3.05) is 11.9 Å². The lowest BCUT2D eigenvalue weighted by Crippen LogP contribution is -2.07. The van der Waals surface area contributed by atoms with Crippen molar-refractivity contribution < 1.29 is 4.74 Å². The lowest BCUT2D eigenvalue weighted by molar-refractivity contribution is 0.296. The van der Waals surface area contributed by atoms with Gasteiger partial charge in [0.25, 0.3) is 0 Å². The Labute approximate surface area is 133 Å². The van der Waals surface area contributed by atoms with Crippen LogP contribution >= 0.6 is 0 Å². The molecule has 0 aliphatic carbocycles. The molecule has 0 aliphatic heterocycles. The molecule has 0 spiro atoms. The predicted octanol–water partition coefficient (Wildman–Crippen LogP) is 4.22. The lowest BCUT2D eigenvalue weighted by Gasteiger charge is -2.10. The molecule has 4 nitrogen and oxygen atoms in total. The molecule has 0 fully saturated rings. The Bertz CT molecular complexity index is 558. The highest BCUT2D eigenvalue weighted by atomic mass is 16.5. The molecule has 0 saturated carbocycles. The van der Waals surface area contributed by atoms with E-state index >= 15 is 0 Å². The number of aromatic nitrogens is 2.